The summed E-state index contributed by atoms with van der Waals surface area (Å²) < 4.78 is 5.58. The highest BCUT2D eigenvalue weighted by atomic mass is 32.2. The molecule has 0 saturated heterocycles. The van der Waals surface area contributed by atoms with E-state index in [0.717, 1.165) is 4.34 Å². The molecule has 1 N–H and O–H groups in total. The SMILES string of the molecule is CNC(C)(CSc1nncs1)C(=O)OC. The first-order chi connectivity index (χ1) is 7.12. The van der Waals surface area contributed by atoms with Crippen molar-refractivity contribution < 1.29 is 9.53 Å². The quantitative estimate of drug-likeness (QED) is 0.613. The molecule has 0 fully saturated rings. The molecule has 0 aliphatic carbocycles. The van der Waals surface area contributed by atoms with E-state index in [1.807, 2.05) is 0 Å². The molecule has 0 aliphatic rings. The number of ether oxygens (including phenoxy) is 1. The highest BCUT2D eigenvalue weighted by Gasteiger charge is 2.32. The molecule has 1 unspecified atom stereocenters. The molecule has 1 aromatic heterocycles. The number of carbonyl (C=O) groups is 1. The molecule has 84 valence electrons. The highest BCUT2D eigenvalue weighted by Crippen LogP contribution is 2.23. The van der Waals surface area contributed by atoms with Gasteiger partial charge in [-0.3, -0.25) is 4.79 Å². The maximum atomic E-state index is 11.5. The van der Waals surface area contributed by atoms with Gasteiger partial charge in [-0.1, -0.05) is 23.1 Å². The van der Waals surface area contributed by atoms with Gasteiger partial charge in [0.15, 0.2) is 4.34 Å². The molecule has 0 radical (unpaired) electrons. The van der Waals surface area contributed by atoms with Gasteiger partial charge < -0.3 is 10.1 Å². The third-order valence-electron chi connectivity index (χ3n) is 2.01. The molecule has 0 aromatic carbocycles. The predicted molar refractivity (Wildman–Crippen MR) is 60.1 cm³/mol. The van der Waals surface area contributed by atoms with Crippen molar-refractivity contribution in [3.8, 4) is 0 Å². The Morgan fingerprint density at radius 1 is 1.80 bits per heavy atom. The number of likely N-dealkylation sites (N-methyl/N-ethyl adjacent to an activating group) is 1. The molecule has 0 aliphatic heterocycles. The Balaban J connectivity index is 2.57. The van der Waals surface area contributed by atoms with Crippen LogP contribution in [-0.2, 0) is 9.53 Å². The van der Waals surface area contributed by atoms with E-state index in [2.05, 4.69) is 15.5 Å². The van der Waals surface area contributed by atoms with Gasteiger partial charge in [0, 0.05) is 5.75 Å². The summed E-state index contributed by atoms with van der Waals surface area (Å²) in [6.45, 7) is 1.80. The third kappa shape index (κ3) is 3.15. The molecule has 1 aromatic rings. The van der Waals surface area contributed by atoms with Gasteiger partial charge in [-0.2, -0.15) is 0 Å². The minimum absolute atomic E-state index is 0.276. The molecule has 1 heterocycles. The van der Waals surface area contributed by atoms with Crippen molar-refractivity contribution in [1.29, 1.82) is 0 Å². The fourth-order valence-corrected chi connectivity index (χ4v) is 2.53. The van der Waals surface area contributed by atoms with Crippen molar-refractivity contribution in [3.05, 3.63) is 5.51 Å². The predicted octanol–water partition coefficient (Wildman–Crippen LogP) is 0.781. The maximum absolute atomic E-state index is 11.5. The Labute approximate surface area is 96.6 Å². The van der Waals surface area contributed by atoms with Gasteiger partial charge in [-0.25, -0.2) is 0 Å². The summed E-state index contributed by atoms with van der Waals surface area (Å²) in [5.74, 6) is 0.285. The first kappa shape index (κ1) is 12.4. The summed E-state index contributed by atoms with van der Waals surface area (Å²) in [6, 6.07) is 0. The third-order valence-corrected chi connectivity index (χ3v) is 4.19. The monoisotopic (exact) mass is 247 g/mol. The van der Waals surface area contributed by atoms with Gasteiger partial charge in [-0.15, -0.1) is 10.2 Å². The topological polar surface area (TPSA) is 64.1 Å². The van der Waals surface area contributed by atoms with Crippen molar-refractivity contribution in [2.24, 2.45) is 0 Å². The normalized spacial score (nSPS) is 14.6. The summed E-state index contributed by atoms with van der Waals surface area (Å²) in [4.78, 5) is 11.5. The van der Waals surface area contributed by atoms with E-state index in [1.54, 1.807) is 19.5 Å². The number of esters is 1. The van der Waals surface area contributed by atoms with E-state index in [4.69, 9.17) is 4.74 Å². The first-order valence-electron chi connectivity index (χ1n) is 4.28. The zero-order chi connectivity index (χ0) is 11.3. The summed E-state index contributed by atoms with van der Waals surface area (Å²) >= 11 is 2.94. The second-order valence-corrected chi connectivity index (χ2v) is 5.12. The maximum Gasteiger partial charge on any atom is 0.326 e. The van der Waals surface area contributed by atoms with E-state index >= 15 is 0 Å². The Bertz CT molecular complexity index is 318. The molecule has 0 spiro atoms. The summed E-state index contributed by atoms with van der Waals surface area (Å²) in [7, 11) is 3.12. The van der Waals surface area contributed by atoms with Crippen LogP contribution in [0.4, 0.5) is 0 Å². The Morgan fingerprint density at radius 3 is 3.00 bits per heavy atom. The van der Waals surface area contributed by atoms with E-state index in [9.17, 15) is 4.79 Å². The summed E-state index contributed by atoms with van der Waals surface area (Å²) in [5.41, 5.74) is 0.974. The van der Waals surface area contributed by atoms with Crippen molar-refractivity contribution in [2.45, 2.75) is 16.8 Å². The molecule has 15 heavy (non-hydrogen) atoms. The second-order valence-electron chi connectivity index (χ2n) is 3.07. The molecule has 7 heteroatoms. The van der Waals surface area contributed by atoms with Crippen LogP contribution in [0.25, 0.3) is 0 Å². The first-order valence-corrected chi connectivity index (χ1v) is 6.15. The summed E-state index contributed by atoms with van der Waals surface area (Å²) in [5, 5.41) is 10.6. The van der Waals surface area contributed by atoms with Crippen LogP contribution in [-0.4, -0.2) is 41.6 Å². The van der Waals surface area contributed by atoms with Crippen LogP contribution >= 0.6 is 23.1 Å². The fraction of sp³-hybridized carbons (Fsp3) is 0.625. The fourth-order valence-electron chi connectivity index (χ4n) is 0.890. The highest BCUT2D eigenvalue weighted by molar-refractivity contribution is 8.01. The zero-order valence-electron chi connectivity index (χ0n) is 8.81. The van der Waals surface area contributed by atoms with Gasteiger partial charge in [0.2, 0.25) is 0 Å². The molecule has 1 rings (SSSR count). The molecular formula is C8H13N3O2S2. The van der Waals surface area contributed by atoms with Crippen LogP contribution in [0.2, 0.25) is 0 Å². The van der Waals surface area contributed by atoms with Gasteiger partial charge in [0.05, 0.1) is 7.11 Å². The molecule has 0 bridgehead atoms. The number of methoxy groups -OCH3 is 1. The van der Waals surface area contributed by atoms with Crippen molar-refractivity contribution in [3.63, 3.8) is 0 Å². The number of carbonyl (C=O) groups excluding carboxylic acids is 1. The molecule has 1 atom stereocenters. The minimum atomic E-state index is -0.689. The van der Waals surface area contributed by atoms with Gasteiger partial charge in [0.25, 0.3) is 0 Å². The van der Waals surface area contributed by atoms with Crippen LogP contribution in [0, 0.1) is 0 Å². The van der Waals surface area contributed by atoms with Crippen LogP contribution in [0.1, 0.15) is 6.92 Å². The number of nitrogens with one attached hydrogen (secondary N) is 1. The van der Waals surface area contributed by atoms with E-state index < -0.39 is 5.54 Å². The number of hydrogen-bond acceptors (Lipinski definition) is 7. The van der Waals surface area contributed by atoms with E-state index in [0.29, 0.717) is 5.75 Å². The molecular weight excluding hydrogens is 234 g/mol. The smallest absolute Gasteiger partial charge is 0.326 e. The number of hydrogen-bond donors (Lipinski definition) is 1. The Kier molecular flexibility index (Phi) is 4.49. The number of thioether (sulfide) groups is 1. The lowest BCUT2D eigenvalue weighted by Gasteiger charge is -2.24. The van der Waals surface area contributed by atoms with Crippen molar-refractivity contribution in [2.75, 3.05) is 19.9 Å². The van der Waals surface area contributed by atoms with Crippen LogP contribution in [0.3, 0.4) is 0 Å². The lowest BCUT2D eigenvalue weighted by atomic mass is 10.1. The summed E-state index contributed by atoms with van der Waals surface area (Å²) in [6.07, 6.45) is 0. The number of aromatic nitrogens is 2. The number of nitrogens with zero attached hydrogens (tertiary/aromatic N) is 2. The second kappa shape index (κ2) is 5.43. The Morgan fingerprint density at radius 2 is 2.53 bits per heavy atom. The molecule has 0 amide bonds. The lowest BCUT2D eigenvalue weighted by molar-refractivity contribution is -0.146. The van der Waals surface area contributed by atoms with E-state index in [-0.39, 0.29) is 5.97 Å². The Hall–Kier alpha value is -0.660. The standard InChI is InChI=1S/C8H13N3O2S2/c1-8(9-2,6(12)13-3)4-14-7-11-10-5-15-7/h5,9H,4H2,1-3H3. The number of rotatable bonds is 5. The zero-order valence-corrected chi connectivity index (χ0v) is 10.4. The van der Waals surface area contributed by atoms with Crippen molar-refractivity contribution >= 4 is 29.1 Å². The minimum Gasteiger partial charge on any atom is -0.468 e. The van der Waals surface area contributed by atoms with Gasteiger partial charge >= 0.3 is 5.97 Å². The van der Waals surface area contributed by atoms with Crippen LogP contribution in [0.5, 0.6) is 0 Å². The van der Waals surface area contributed by atoms with Crippen LogP contribution < -0.4 is 5.32 Å². The molecule has 0 saturated carbocycles. The largest absolute Gasteiger partial charge is 0.468 e. The van der Waals surface area contributed by atoms with Gasteiger partial charge in [-0.05, 0) is 14.0 Å². The molecule has 5 nitrogen and oxygen atoms in total. The van der Waals surface area contributed by atoms with Gasteiger partial charge in [0.1, 0.15) is 11.0 Å². The average Bonchev–Trinajstić information content (AvgIpc) is 2.77. The van der Waals surface area contributed by atoms with Crippen molar-refractivity contribution in [1.82, 2.24) is 15.5 Å². The van der Waals surface area contributed by atoms with Crippen LogP contribution in [0.15, 0.2) is 9.85 Å². The van der Waals surface area contributed by atoms with E-state index in [1.165, 1.54) is 30.2 Å². The average molecular weight is 247 g/mol. The lowest BCUT2D eigenvalue weighted by Crippen LogP contribution is -2.50.